The minimum absolute atomic E-state index is 0.250. The third-order valence-electron chi connectivity index (χ3n) is 2.74. The van der Waals surface area contributed by atoms with Gasteiger partial charge in [-0.1, -0.05) is 13.8 Å². The molecule has 1 heterocycles. The molecule has 5 nitrogen and oxygen atoms in total. The molecule has 0 aliphatic heterocycles. The maximum atomic E-state index is 5.45. The van der Waals surface area contributed by atoms with Crippen molar-refractivity contribution in [1.29, 1.82) is 0 Å². The van der Waals surface area contributed by atoms with E-state index in [4.69, 9.17) is 14.9 Å². The zero-order chi connectivity index (χ0) is 13.1. The molecule has 2 rings (SSSR count). The predicted molar refractivity (Wildman–Crippen MR) is 68.3 cm³/mol. The molecule has 0 aliphatic rings. The van der Waals surface area contributed by atoms with Gasteiger partial charge in [-0.2, -0.15) is 0 Å². The molecule has 0 aliphatic carbocycles. The fraction of sp³-hybridized carbons (Fsp3) is 0.385. The first kappa shape index (κ1) is 12.6. The summed E-state index contributed by atoms with van der Waals surface area (Å²) >= 11 is 0. The number of rotatable bonds is 4. The number of ether oxygens (including phenoxy) is 1. The Hall–Kier alpha value is -1.88. The van der Waals surface area contributed by atoms with Crippen LogP contribution in [0.1, 0.15) is 31.2 Å². The lowest BCUT2D eigenvalue weighted by Gasteiger charge is -2.12. The number of benzene rings is 1. The molecule has 0 spiro atoms. The minimum Gasteiger partial charge on any atom is -0.496 e. The highest BCUT2D eigenvalue weighted by Crippen LogP contribution is 2.30. The van der Waals surface area contributed by atoms with Gasteiger partial charge >= 0.3 is 0 Å². The summed E-state index contributed by atoms with van der Waals surface area (Å²) < 4.78 is 10.8. The summed E-state index contributed by atoms with van der Waals surface area (Å²) in [6, 6.07) is 5.83. The second-order valence-electron chi connectivity index (χ2n) is 4.32. The van der Waals surface area contributed by atoms with E-state index in [0.717, 1.165) is 16.9 Å². The molecule has 0 atom stereocenters. The van der Waals surface area contributed by atoms with Gasteiger partial charge in [0.2, 0.25) is 11.8 Å². The van der Waals surface area contributed by atoms with Crippen LogP contribution < -0.4 is 10.5 Å². The monoisotopic (exact) mass is 247 g/mol. The third kappa shape index (κ3) is 2.36. The van der Waals surface area contributed by atoms with Crippen LogP contribution in [0.5, 0.6) is 5.75 Å². The van der Waals surface area contributed by atoms with Gasteiger partial charge in [0.05, 0.1) is 13.7 Å². The van der Waals surface area contributed by atoms with Crippen molar-refractivity contribution < 1.29 is 9.15 Å². The van der Waals surface area contributed by atoms with Crippen LogP contribution in [-0.2, 0) is 6.54 Å². The highest BCUT2D eigenvalue weighted by molar-refractivity contribution is 5.57. The average Bonchev–Trinajstić information content (AvgIpc) is 2.86. The molecule has 0 amide bonds. The van der Waals surface area contributed by atoms with Gasteiger partial charge in [-0.25, -0.2) is 0 Å². The minimum atomic E-state index is 0.250. The van der Waals surface area contributed by atoms with Crippen molar-refractivity contribution in [3.05, 3.63) is 29.7 Å². The Bertz CT molecular complexity index is 535. The summed E-state index contributed by atoms with van der Waals surface area (Å²) in [7, 11) is 1.67. The van der Waals surface area contributed by atoms with Gasteiger partial charge in [-0.15, -0.1) is 10.2 Å². The van der Waals surface area contributed by atoms with E-state index in [1.54, 1.807) is 7.11 Å². The zero-order valence-electron chi connectivity index (χ0n) is 10.8. The largest absolute Gasteiger partial charge is 0.496 e. The summed E-state index contributed by atoms with van der Waals surface area (Å²) in [5.74, 6) is 2.15. The van der Waals surface area contributed by atoms with Crippen molar-refractivity contribution >= 4 is 0 Å². The molecule has 2 aromatic rings. The lowest BCUT2D eigenvalue weighted by atomic mass is 9.99. The van der Waals surface area contributed by atoms with Gasteiger partial charge in [-0.3, -0.25) is 0 Å². The molecule has 1 aromatic heterocycles. The van der Waals surface area contributed by atoms with Crippen molar-refractivity contribution in [1.82, 2.24) is 10.2 Å². The number of hydrogen-bond donors (Lipinski definition) is 1. The Morgan fingerprint density at radius 3 is 2.67 bits per heavy atom. The molecule has 0 saturated carbocycles. The Balaban J connectivity index is 2.42. The standard InChI is InChI=1S/C13H17N3O2/c1-8(2)10-6-9(4-5-11(10)17-3)13-16-15-12(7-14)18-13/h4-6,8H,7,14H2,1-3H3. The van der Waals surface area contributed by atoms with Gasteiger partial charge < -0.3 is 14.9 Å². The molecule has 0 bridgehead atoms. The van der Waals surface area contributed by atoms with E-state index < -0.39 is 0 Å². The van der Waals surface area contributed by atoms with Crippen LogP contribution in [-0.4, -0.2) is 17.3 Å². The van der Waals surface area contributed by atoms with Crippen molar-refractivity contribution in [2.75, 3.05) is 7.11 Å². The van der Waals surface area contributed by atoms with Gasteiger partial charge in [-0.05, 0) is 29.7 Å². The second-order valence-corrected chi connectivity index (χ2v) is 4.32. The number of hydrogen-bond acceptors (Lipinski definition) is 5. The molecule has 96 valence electrons. The summed E-state index contributed by atoms with van der Waals surface area (Å²) in [5, 5.41) is 7.83. The highest BCUT2D eigenvalue weighted by atomic mass is 16.5. The molecule has 1 aromatic carbocycles. The third-order valence-corrected chi connectivity index (χ3v) is 2.74. The van der Waals surface area contributed by atoms with E-state index in [0.29, 0.717) is 17.7 Å². The first-order valence-corrected chi connectivity index (χ1v) is 5.86. The lowest BCUT2D eigenvalue weighted by Crippen LogP contribution is -1.95. The molecular weight excluding hydrogens is 230 g/mol. The van der Waals surface area contributed by atoms with Crippen molar-refractivity contribution in [2.24, 2.45) is 5.73 Å². The summed E-state index contributed by atoms with van der Waals surface area (Å²) in [6.07, 6.45) is 0. The average molecular weight is 247 g/mol. The van der Waals surface area contributed by atoms with Crippen LogP contribution in [0.25, 0.3) is 11.5 Å². The topological polar surface area (TPSA) is 74.2 Å². The van der Waals surface area contributed by atoms with E-state index in [1.807, 2.05) is 18.2 Å². The van der Waals surface area contributed by atoms with E-state index in [2.05, 4.69) is 24.0 Å². The van der Waals surface area contributed by atoms with Crippen LogP contribution in [0, 0.1) is 0 Å². The van der Waals surface area contributed by atoms with Gasteiger partial charge in [0.15, 0.2) is 0 Å². The molecule has 2 N–H and O–H groups in total. The van der Waals surface area contributed by atoms with Gasteiger partial charge in [0, 0.05) is 5.56 Å². The Kier molecular flexibility index (Phi) is 3.62. The quantitative estimate of drug-likeness (QED) is 0.897. The molecule has 18 heavy (non-hydrogen) atoms. The van der Waals surface area contributed by atoms with Crippen molar-refractivity contribution in [2.45, 2.75) is 26.3 Å². The Labute approximate surface area is 106 Å². The summed E-state index contributed by atoms with van der Waals surface area (Å²) in [4.78, 5) is 0. The predicted octanol–water partition coefficient (Wildman–Crippen LogP) is 2.33. The van der Waals surface area contributed by atoms with Crippen LogP contribution >= 0.6 is 0 Å². The Morgan fingerprint density at radius 1 is 1.33 bits per heavy atom. The van der Waals surface area contributed by atoms with E-state index in [9.17, 15) is 0 Å². The normalized spacial score (nSPS) is 10.9. The van der Waals surface area contributed by atoms with Crippen LogP contribution in [0.3, 0.4) is 0 Å². The van der Waals surface area contributed by atoms with Crippen LogP contribution in [0.2, 0.25) is 0 Å². The smallest absolute Gasteiger partial charge is 0.247 e. The second kappa shape index (κ2) is 5.18. The van der Waals surface area contributed by atoms with Gasteiger partial charge in [0.25, 0.3) is 0 Å². The number of methoxy groups -OCH3 is 1. The maximum Gasteiger partial charge on any atom is 0.247 e. The summed E-state index contributed by atoms with van der Waals surface area (Å²) in [6.45, 7) is 4.47. The zero-order valence-corrected chi connectivity index (χ0v) is 10.8. The maximum absolute atomic E-state index is 5.45. The van der Waals surface area contributed by atoms with E-state index >= 15 is 0 Å². The number of aromatic nitrogens is 2. The van der Waals surface area contributed by atoms with Crippen molar-refractivity contribution in [3.8, 4) is 17.2 Å². The fourth-order valence-corrected chi connectivity index (χ4v) is 1.77. The van der Waals surface area contributed by atoms with E-state index in [1.165, 1.54) is 0 Å². The molecule has 0 fully saturated rings. The first-order valence-electron chi connectivity index (χ1n) is 5.86. The Morgan fingerprint density at radius 2 is 2.11 bits per heavy atom. The lowest BCUT2D eigenvalue weighted by molar-refractivity contribution is 0.407. The molecule has 0 radical (unpaired) electrons. The SMILES string of the molecule is COc1ccc(-c2nnc(CN)o2)cc1C(C)C. The van der Waals surface area contributed by atoms with E-state index in [-0.39, 0.29) is 6.54 Å². The molecular formula is C13H17N3O2. The number of nitrogens with zero attached hydrogens (tertiary/aromatic N) is 2. The van der Waals surface area contributed by atoms with Gasteiger partial charge in [0.1, 0.15) is 5.75 Å². The summed E-state index contributed by atoms with van der Waals surface area (Å²) in [5.41, 5.74) is 7.44. The highest BCUT2D eigenvalue weighted by Gasteiger charge is 2.12. The van der Waals surface area contributed by atoms with Crippen LogP contribution in [0.4, 0.5) is 0 Å². The number of nitrogens with two attached hydrogens (primary N) is 1. The molecule has 5 heteroatoms. The first-order chi connectivity index (χ1) is 8.65. The van der Waals surface area contributed by atoms with Crippen molar-refractivity contribution in [3.63, 3.8) is 0 Å². The molecule has 0 saturated heterocycles. The van der Waals surface area contributed by atoms with Crippen LogP contribution in [0.15, 0.2) is 22.6 Å². The fourth-order valence-electron chi connectivity index (χ4n) is 1.77. The molecule has 0 unspecified atom stereocenters.